The third-order valence-electron chi connectivity index (χ3n) is 9.80. The highest BCUT2D eigenvalue weighted by molar-refractivity contribution is 5.85. The van der Waals surface area contributed by atoms with Crippen LogP contribution in [0.5, 0.6) is 11.5 Å². The summed E-state index contributed by atoms with van der Waals surface area (Å²) in [5.41, 5.74) is 5.12. The number of likely N-dealkylation sites (tertiary alicyclic amines) is 1. The maximum absolute atomic E-state index is 13.3. The van der Waals surface area contributed by atoms with Gasteiger partial charge in [0.1, 0.15) is 22.9 Å². The number of piperidine rings is 1. The molecule has 2 unspecified atom stereocenters. The zero-order valence-corrected chi connectivity index (χ0v) is 28.3. The summed E-state index contributed by atoms with van der Waals surface area (Å²) >= 11 is 0. The van der Waals surface area contributed by atoms with Crippen LogP contribution in [-0.4, -0.2) is 60.1 Å². The van der Waals surface area contributed by atoms with Gasteiger partial charge in [-0.1, -0.05) is 31.4 Å². The van der Waals surface area contributed by atoms with Gasteiger partial charge in [0.15, 0.2) is 0 Å². The Bertz CT molecular complexity index is 1400. The quantitative estimate of drug-likeness (QED) is 0.141. The van der Waals surface area contributed by atoms with Crippen molar-refractivity contribution in [2.75, 3.05) is 32.7 Å². The molecule has 2 aromatic rings. The predicted octanol–water partition coefficient (Wildman–Crippen LogP) is 8.20. The van der Waals surface area contributed by atoms with E-state index in [1.165, 1.54) is 42.5 Å². The number of fused-ring (bicyclic) bond motifs is 2. The Morgan fingerprint density at radius 3 is 2.69 bits per heavy atom. The Morgan fingerprint density at radius 1 is 1.18 bits per heavy atom. The number of carbonyl (C=O) groups excluding carboxylic acids is 1. The van der Waals surface area contributed by atoms with Crippen molar-refractivity contribution in [3.63, 3.8) is 0 Å². The SMILES string of the molecule is C#CCN1CCC2=C(C1)c1c(OC(=O)CCCN3CCCCC3C)cc(C(C)CCCc3ccc(F)cc3)cc1OC2(C)C.Cl. The minimum Gasteiger partial charge on any atom is -0.483 e. The lowest BCUT2D eigenvalue weighted by Crippen LogP contribution is -2.42. The average Bonchev–Trinajstić information content (AvgIpc) is 2.98. The number of rotatable bonds is 11. The molecule has 7 heteroatoms. The highest BCUT2D eigenvalue weighted by Gasteiger charge is 2.39. The molecule has 45 heavy (non-hydrogen) atoms. The lowest BCUT2D eigenvalue weighted by Gasteiger charge is -2.42. The Balaban J connectivity index is 0.00000461. The zero-order chi connectivity index (χ0) is 31.3. The third-order valence-corrected chi connectivity index (χ3v) is 9.80. The summed E-state index contributed by atoms with van der Waals surface area (Å²) in [6.07, 6.45) is 14.3. The number of benzene rings is 2. The molecule has 0 N–H and O–H groups in total. The van der Waals surface area contributed by atoms with Gasteiger partial charge in [0, 0.05) is 25.6 Å². The van der Waals surface area contributed by atoms with Crippen molar-refractivity contribution in [1.29, 1.82) is 0 Å². The maximum atomic E-state index is 13.3. The van der Waals surface area contributed by atoms with Crippen molar-refractivity contribution in [3.05, 3.63) is 64.5 Å². The van der Waals surface area contributed by atoms with E-state index in [9.17, 15) is 9.18 Å². The van der Waals surface area contributed by atoms with Crippen LogP contribution >= 0.6 is 12.4 Å². The Morgan fingerprint density at radius 2 is 1.96 bits per heavy atom. The van der Waals surface area contributed by atoms with E-state index in [1.807, 2.05) is 12.1 Å². The number of nitrogens with zero attached hydrogens (tertiary/aromatic N) is 2. The van der Waals surface area contributed by atoms with Crippen molar-refractivity contribution < 1.29 is 18.7 Å². The van der Waals surface area contributed by atoms with Gasteiger partial charge in [0.05, 0.1) is 12.1 Å². The van der Waals surface area contributed by atoms with E-state index in [1.54, 1.807) is 0 Å². The lowest BCUT2D eigenvalue weighted by atomic mass is 9.80. The van der Waals surface area contributed by atoms with Crippen LogP contribution in [0, 0.1) is 18.2 Å². The van der Waals surface area contributed by atoms with Gasteiger partial charge in [-0.2, -0.15) is 0 Å². The highest BCUT2D eigenvalue weighted by atomic mass is 35.5. The van der Waals surface area contributed by atoms with Crippen LogP contribution < -0.4 is 9.47 Å². The van der Waals surface area contributed by atoms with E-state index in [0.29, 0.717) is 31.3 Å². The molecule has 5 rings (SSSR count). The average molecular weight is 637 g/mol. The number of halogens is 2. The topological polar surface area (TPSA) is 42.0 Å². The van der Waals surface area contributed by atoms with Crippen molar-refractivity contribution in [2.24, 2.45) is 0 Å². The van der Waals surface area contributed by atoms with E-state index in [2.05, 4.69) is 55.5 Å². The van der Waals surface area contributed by atoms with E-state index in [4.69, 9.17) is 15.9 Å². The first-order chi connectivity index (χ1) is 21.1. The number of hydrogen-bond donors (Lipinski definition) is 0. The molecule has 3 aliphatic rings. The van der Waals surface area contributed by atoms with Crippen LogP contribution in [0.25, 0.3) is 5.57 Å². The molecule has 0 radical (unpaired) electrons. The molecule has 0 spiro atoms. The number of hydrogen-bond acceptors (Lipinski definition) is 5. The summed E-state index contributed by atoms with van der Waals surface area (Å²) in [6.45, 7) is 13.0. The minimum absolute atomic E-state index is 0. The molecule has 0 bridgehead atoms. The number of carbonyl (C=O) groups is 1. The number of aryl methyl sites for hydroxylation is 1. The smallest absolute Gasteiger partial charge is 0.311 e. The minimum atomic E-state index is -0.457. The third kappa shape index (κ3) is 8.70. The molecule has 2 aromatic carbocycles. The Kier molecular flexibility index (Phi) is 12.2. The fraction of sp³-hybridized carbons (Fsp3) is 0.553. The summed E-state index contributed by atoms with van der Waals surface area (Å²) < 4.78 is 26.3. The van der Waals surface area contributed by atoms with Crippen LogP contribution in [0.1, 0.15) is 102 Å². The first-order valence-electron chi connectivity index (χ1n) is 16.6. The maximum Gasteiger partial charge on any atom is 0.311 e. The Labute approximate surface area is 275 Å². The second kappa shape index (κ2) is 15.6. The molecule has 3 heterocycles. The lowest BCUT2D eigenvalue weighted by molar-refractivity contribution is -0.134. The van der Waals surface area contributed by atoms with Crippen LogP contribution in [0.4, 0.5) is 4.39 Å². The monoisotopic (exact) mass is 636 g/mol. The molecule has 244 valence electrons. The van der Waals surface area contributed by atoms with E-state index >= 15 is 0 Å². The first-order valence-corrected chi connectivity index (χ1v) is 16.6. The molecule has 5 nitrogen and oxygen atoms in total. The summed E-state index contributed by atoms with van der Waals surface area (Å²) in [5, 5.41) is 0. The van der Waals surface area contributed by atoms with Gasteiger partial charge >= 0.3 is 5.97 Å². The van der Waals surface area contributed by atoms with Gasteiger partial charge in [-0.15, -0.1) is 18.8 Å². The molecular weight excluding hydrogens is 587 g/mol. The summed E-state index contributed by atoms with van der Waals surface area (Å²) in [5.74, 6) is 4.01. The normalized spacial score (nSPS) is 20.2. The predicted molar refractivity (Wildman–Crippen MR) is 183 cm³/mol. The molecule has 3 aliphatic heterocycles. The summed E-state index contributed by atoms with van der Waals surface area (Å²) in [6, 6.07) is 11.6. The molecule has 1 fully saturated rings. The fourth-order valence-corrected chi connectivity index (χ4v) is 7.19. The molecular formula is C38H50ClFN2O3. The molecule has 0 aliphatic carbocycles. The van der Waals surface area contributed by atoms with Gasteiger partial charge in [0.2, 0.25) is 0 Å². The second-order valence-corrected chi connectivity index (χ2v) is 13.5. The van der Waals surface area contributed by atoms with Gasteiger partial charge < -0.3 is 14.4 Å². The molecule has 2 atom stereocenters. The van der Waals surface area contributed by atoms with Crippen molar-refractivity contribution in [3.8, 4) is 23.8 Å². The van der Waals surface area contributed by atoms with Crippen molar-refractivity contribution in [1.82, 2.24) is 9.80 Å². The fourth-order valence-electron chi connectivity index (χ4n) is 7.19. The molecule has 0 aromatic heterocycles. The summed E-state index contributed by atoms with van der Waals surface area (Å²) in [7, 11) is 0. The molecule has 0 saturated carbocycles. The zero-order valence-electron chi connectivity index (χ0n) is 27.5. The standard InChI is InChI=1S/C38H49FN2O3.ClH/c1-6-20-40-23-19-33-32(26-40)37-34(43-36(42)14-10-22-41-21-8-7-12-28(41)3)24-30(25-35(37)44-38(33,4)5)27(2)11-9-13-29-15-17-31(39)18-16-29;/h1,15-18,24-25,27-28H,7-14,19-23,26H2,2-5H3;1H. The van der Waals surface area contributed by atoms with E-state index in [-0.39, 0.29) is 30.1 Å². The van der Waals surface area contributed by atoms with E-state index in [0.717, 1.165) is 74.2 Å². The van der Waals surface area contributed by atoms with Crippen LogP contribution in [-0.2, 0) is 11.2 Å². The first kappa shape index (κ1) is 35.0. The number of ether oxygens (including phenoxy) is 2. The largest absolute Gasteiger partial charge is 0.483 e. The van der Waals surface area contributed by atoms with Crippen LogP contribution in [0.2, 0.25) is 0 Å². The van der Waals surface area contributed by atoms with Gasteiger partial charge in [0.25, 0.3) is 0 Å². The van der Waals surface area contributed by atoms with E-state index < -0.39 is 5.60 Å². The molecule has 0 amide bonds. The summed E-state index contributed by atoms with van der Waals surface area (Å²) in [4.78, 5) is 18.1. The van der Waals surface area contributed by atoms with Gasteiger partial charge in [-0.3, -0.25) is 9.69 Å². The van der Waals surface area contributed by atoms with Gasteiger partial charge in [-0.05, 0) is 131 Å². The van der Waals surface area contributed by atoms with Crippen LogP contribution in [0.15, 0.2) is 42.0 Å². The van der Waals surface area contributed by atoms with Crippen molar-refractivity contribution in [2.45, 2.75) is 103 Å². The highest BCUT2D eigenvalue weighted by Crippen LogP contribution is 2.49. The van der Waals surface area contributed by atoms with Crippen molar-refractivity contribution >= 4 is 23.9 Å². The van der Waals surface area contributed by atoms with Crippen LogP contribution in [0.3, 0.4) is 0 Å². The second-order valence-electron chi connectivity index (χ2n) is 13.5. The Hall–Kier alpha value is -2.85. The number of esters is 1. The number of terminal acetylenes is 1. The van der Waals surface area contributed by atoms with Gasteiger partial charge in [-0.25, -0.2) is 4.39 Å². The molecule has 1 saturated heterocycles.